The zero-order valence-corrected chi connectivity index (χ0v) is 12.5. The lowest BCUT2D eigenvalue weighted by atomic mass is 9.98. The first-order valence-electron chi connectivity index (χ1n) is 7.04. The number of hydrogen-bond acceptors (Lipinski definition) is 2. The maximum atomic E-state index is 11.4. The van der Waals surface area contributed by atoms with Crippen molar-refractivity contribution in [3.63, 3.8) is 0 Å². The van der Waals surface area contributed by atoms with Gasteiger partial charge in [0.15, 0.2) is 0 Å². The van der Waals surface area contributed by atoms with Crippen LogP contribution in [0, 0.1) is 6.92 Å². The number of aryl methyl sites for hydroxylation is 1. The molecule has 0 saturated heterocycles. The SMILES string of the molecule is Cc1cc(OC(C(=O)O)c2ccccc2)ccc1C(C)C. The number of ether oxygens (including phenoxy) is 1. The van der Waals surface area contributed by atoms with Crippen LogP contribution in [0.5, 0.6) is 5.75 Å². The Kier molecular flexibility index (Phi) is 4.63. The third kappa shape index (κ3) is 3.63. The van der Waals surface area contributed by atoms with Crippen molar-refractivity contribution in [2.45, 2.75) is 32.8 Å². The third-order valence-electron chi connectivity index (χ3n) is 3.44. The number of carboxylic acid groups (broad SMARTS) is 1. The van der Waals surface area contributed by atoms with Crippen molar-refractivity contribution in [1.82, 2.24) is 0 Å². The van der Waals surface area contributed by atoms with Crippen molar-refractivity contribution < 1.29 is 14.6 Å². The van der Waals surface area contributed by atoms with Gasteiger partial charge in [-0.2, -0.15) is 0 Å². The minimum Gasteiger partial charge on any atom is -0.478 e. The largest absolute Gasteiger partial charge is 0.478 e. The summed E-state index contributed by atoms with van der Waals surface area (Å²) < 4.78 is 5.68. The Balaban J connectivity index is 2.26. The highest BCUT2D eigenvalue weighted by Gasteiger charge is 2.21. The van der Waals surface area contributed by atoms with Crippen LogP contribution < -0.4 is 4.74 Å². The molecule has 0 aromatic heterocycles. The number of carboxylic acids is 1. The number of carbonyl (C=O) groups is 1. The summed E-state index contributed by atoms with van der Waals surface area (Å²) in [5, 5.41) is 9.38. The van der Waals surface area contributed by atoms with Gasteiger partial charge in [-0.1, -0.05) is 50.2 Å². The lowest BCUT2D eigenvalue weighted by Gasteiger charge is -2.17. The molecule has 2 aromatic rings. The lowest BCUT2D eigenvalue weighted by molar-refractivity contribution is -0.145. The Hall–Kier alpha value is -2.29. The average Bonchev–Trinajstić information content (AvgIpc) is 2.45. The van der Waals surface area contributed by atoms with Gasteiger partial charge >= 0.3 is 5.97 Å². The second-order valence-corrected chi connectivity index (χ2v) is 5.42. The van der Waals surface area contributed by atoms with Crippen LogP contribution in [-0.4, -0.2) is 11.1 Å². The quantitative estimate of drug-likeness (QED) is 0.889. The zero-order chi connectivity index (χ0) is 15.4. The van der Waals surface area contributed by atoms with Crippen molar-refractivity contribution in [3.05, 3.63) is 65.2 Å². The van der Waals surface area contributed by atoms with E-state index in [4.69, 9.17) is 4.74 Å². The van der Waals surface area contributed by atoms with Crippen LogP contribution in [0.2, 0.25) is 0 Å². The molecule has 0 aliphatic rings. The molecule has 0 bridgehead atoms. The van der Waals surface area contributed by atoms with E-state index in [0.717, 1.165) is 5.56 Å². The highest BCUT2D eigenvalue weighted by Crippen LogP contribution is 2.27. The molecule has 3 heteroatoms. The van der Waals surface area contributed by atoms with Gasteiger partial charge in [-0.05, 0) is 36.1 Å². The second kappa shape index (κ2) is 6.44. The predicted molar refractivity (Wildman–Crippen MR) is 82.7 cm³/mol. The molecule has 0 spiro atoms. The van der Waals surface area contributed by atoms with Gasteiger partial charge in [0.2, 0.25) is 6.10 Å². The molecule has 0 aliphatic heterocycles. The molecule has 3 nitrogen and oxygen atoms in total. The predicted octanol–water partition coefficient (Wildman–Crippen LogP) is 4.32. The molecule has 110 valence electrons. The van der Waals surface area contributed by atoms with E-state index in [1.54, 1.807) is 12.1 Å². The molecule has 21 heavy (non-hydrogen) atoms. The highest BCUT2D eigenvalue weighted by atomic mass is 16.5. The van der Waals surface area contributed by atoms with Gasteiger partial charge in [-0.3, -0.25) is 0 Å². The van der Waals surface area contributed by atoms with Crippen LogP contribution in [0.25, 0.3) is 0 Å². The summed E-state index contributed by atoms with van der Waals surface area (Å²) in [7, 11) is 0. The van der Waals surface area contributed by atoms with E-state index in [2.05, 4.69) is 13.8 Å². The fourth-order valence-electron chi connectivity index (χ4n) is 2.39. The molecule has 2 aromatic carbocycles. The first-order chi connectivity index (χ1) is 9.99. The highest BCUT2D eigenvalue weighted by molar-refractivity contribution is 5.74. The van der Waals surface area contributed by atoms with E-state index >= 15 is 0 Å². The Morgan fingerprint density at radius 3 is 2.29 bits per heavy atom. The molecule has 2 rings (SSSR count). The molecular weight excluding hydrogens is 264 g/mol. The van der Waals surface area contributed by atoms with Crippen LogP contribution in [-0.2, 0) is 4.79 Å². The molecule has 0 aliphatic carbocycles. The van der Waals surface area contributed by atoms with Gasteiger partial charge in [-0.15, -0.1) is 0 Å². The van der Waals surface area contributed by atoms with E-state index in [1.807, 2.05) is 43.3 Å². The smallest absolute Gasteiger partial charge is 0.349 e. The van der Waals surface area contributed by atoms with E-state index < -0.39 is 12.1 Å². The summed E-state index contributed by atoms with van der Waals surface area (Å²) in [6.45, 7) is 6.28. The van der Waals surface area contributed by atoms with E-state index in [1.165, 1.54) is 5.56 Å². The average molecular weight is 284 g/mol. The molecule has 0 fully saturated rings. The monoisotopic (exact) mass is 284 g/mol. The van der Waals surface area contributed by atoms with Gasteiger partial charge in [-0.25, -0.2) is 4.79 Å². The molecular formula is C18H20O3. The normalized spacial score (nSPS) is 12.2. The van der Waals surface area contributed by atoms with Crippen LogP contribution in [0.4, 0.5) is 0 Å². The number of benzene rings is 2. The molecule has 0 saturated carbocycles. The summed E-state index contributed by atoms with van der Waals surface area (Å²) in [5.74, 6) is 0.0170. The van der Waals surface area contributed by atoms with Gasteiger partial charge < -0.3 is 9.84 Å². The Bertz CT molecular complexity index is 618. The fourth-order valence-corrected chi connectivity index (χ4v) is 2.39. The van der Waals surface area contributed by atoms with Crippen LogP contribution in [0.1, 0.15) is 42.6 Å². The van der Waals surface area contributed by atoms with Crippen LogP contribution in [0.15, 0.2) is 48.5 Å². The van der Waals surface area contributed by atoms with Gasteiger partial charge in [0.25, 0.3) is 0 Å². The molecule has 1 N–H and O–H groups in total. The first-order valence-corrected chi connectivity index (χ1v) is 7.04. The number of rotatable bonds is 5. The zero-order valence-electron chi connectivity index (χ0n) is 12.5. The number of aliphatic carboxylic acids is 1. The van der Waals surface area contributed by atoms with Gasteiger partial charge in [0.05, 0.1) is 0 Å². The van der Waals surface area contributed by atoms with Crippen molar-refractivity contribution in [3.8, 4) is 5.75 Å². The molecule has 1 unspecified atom stereocenters. The first kappa shape index (κ1) is 15.1. The van der Waals surface area contributed by atoms with E-state index in [-0.39, 0.29) is 0 Å². The van der Waals surface area contributed by atoms with Gasteiger partial charge in [0, 0.05) is 5.56 Å². The minimum absolute atomic E-state index is 0.434. The second-order valence-electron chi connectivity index (χ2n) is 5.42. The summed E-state index contributed by atoms with van der Waals surface area (Å²) in [6.07, 6.45) is -0.990. The van der Waals surface area contributed by atoms with Crippen molar-refractivity contribution in [2.24, 2.45) is 0 Å². The summed E-state index contributed by atoms with van der Waals surface area (Å²) >= 11 is 0. The third-order valence-corrected chi connectivity index (χ3v) is 3.44. The van der Waals surface area contributed by atoms with Crippen LogP contribution >= 0.6 is 0 Å². The lowest BCUT2D eigenvalue weighted by Crippen LogP contribution is -2.18. The maximum Gasteiger partial charge on any atom is 0.349 e. The Morgan fingerprint density at radius 1 is 1.10 bits per heavy atom. The van der Waals surface area contributed by atoms with Crippen molar-refractivity contribution >= 4 is 5.97 Å². The molecule has 0 radical (unpaired) electrons. The summed E-state index contributed by atoms with van der Waals surface area (Å²) in [5.41, 5.74) is 2.99. The Labute approximate surface area is 125 Å². The molecule has 1 atom stereocenters. The summed E-state index contributed by atoms with van der Waals surface area (Å²) in [4.78, 5) is 11.4. The van der Waals surface area contributed by atoms with Gasteiger partial charge in [0.1, 0.15) is 5.75 Å². The number of hydrogen-bond donors (Lipinski definition) is 1. The minimum atomic E-state index is -0.994. The molecule has 0 heterocycles. The van der Waals surface area contributed by atoms with Crippen molar-refractivity contribution in [1.29, 1.82) is 0 Å². The Morgan fingerprint density at radius 2 is 1.76 bits per heavy atom. The molecule has 0 amide bonds. The maximum absolute atomic E-state index is 11.4. The van der Waals surface area contributed by atoms with E-state index in [9.17, 15) is 9.90 Å². The standard InChI is InChI=1S/C18H20O3/c1-12(2)16-10-9-15(11-13(16)3)21-17(18(19)20)14-7-5-4-6-8-14/h4-12,17H,1-3H3,(H,19,20). The van der Waals surface area contributed by atoms with Crippen molar-refractivity contribution in [2.75, 3.05) is 0 Å². The van der Waals surface area contributed by atoms with E-state index in [0.29, 0.717) is 17.2 Å². The summed E-state index contributed by atoms with van der Waals surface area (Å²) in [6, 6.07) is 14.7. The fraction of sp³-hybridized carbons (Fsp3) is 0.278. The van der Waals surface area contributed by atoms with Crippen LogP contribution in [0.3, 0.4) is 0 Å². The topological polar surface area (TPSA) is 46.5 Å².